The second-order valence-electron chi connectivity index (χ2n) is 6.99. The summed E-state index contributed by atoms with van der Waals surface area (Å²) in [5.41, 5.74) is 4.11. The molecule has 152 valence electrons. The molecule has 0 aromatic heterocycles. The standard InChI is InChI=1S/C23H29NO3.ClH/c1-2-26-23(25)9-6-14-27-22-13-11-19-10-12-21(15-20(19)16-22)24-17-18-7-4-3-5-8-18;/h3-5,7-8,11,13,16,21,24H,2,6,9-10,12,14-15,17H2,1H3;1H. The number of nitrogens with one attached hydrogen (secondary N) is 1. The number of carbonyl (C=O) groups is 1. The molecule has 0 heterocycles. The van der Waals surface area contributed by atoms with Crippen molar-refractivity contribution in [2.24, 2.45) is 0 Å². The van der Waals surface area contributed by atoms with Crippen LogP contribution in [0, 0.1) is 0 Å². The second-order valence-corrected chi connectivity index (χ2v) is 6.99. The van der Waals surface area contributed by atoms with Crippen LogP contribution >= 0.6 is 12.4 Å². The molecule has 4 nitrogen and oxygen atoms in total. The van der Waals surface area contributed by atoms with Crippen LogP contribution in [0.15, 0.2) is 48.5 Å². The summed E-state index contributed by atoms with van der Waals surface area (Å²) in [5.74, 6) is 0.736. The van der Waals surface area contributed by atoms with Crippen molar-refractivity contribution in [1.29, 1.82) is 0 Å². The van der Waals surface area contributed by atoms with Gasteiger partial charge >= 0.3 is 5.97 Å². The van der Waals surface area contributed by atoms with Crippen molar-refractivity contribution in [2.45, 2.75) is 51.6 Å². The zero-order valence-corrected chi connectivity index (χ0v) is 17.3. The van der Waals surface area contributed by atoms with Crippen molar-refractivity contribution >= 4 is 18.4 Å². The van der Waals surface area contributed by atoms with E-state index in [-0.39, 0.29) is 18.4 Å². The van der Waals surface area contributed by atoms with E-state index in [9.17, 15) is 4.79 Å². The van der Waals surface area contributed by atoms with Gasteiger partial charge in [-0.2, -0.15) is 0 Å². The molecule has 1 aliphatic carbocycles. The Kier molecular flexibility index (Phi) is 9.32. The lowest BCUT2D eigenvalue weighted by Gasteiger charge is -2.26. The van der Waals surface area contributed by atoms with Gasteiger partial charge in [0.05, 0.1) is 13.2 Å². The fraction of sp³-hybridized carbons (Fsp3) is 0.435. The summed E-state index contributed by atoms with van der Waals surface area (Å²) < 4.78 is 10.8. The van der Waals surface area contributed by atoms with Gasteiger partial charge in [-0.15, -0.1) is 12.4 Å². The zero-order chi connectivity index (χ0) is 18.9. The molecule has 0 spiro atoms. The molecule has 0 saturated carbocycles. The number of hydrogen-bond donors (Lipinski definition) is 1. The molecular formula is C23H30ClNO3. The van der Waals surface area contributed by atoms with Gasteiger partial charge in [-0.3, -0.25) is 4.79 Å². The maximum Gasteiger partial charge on any atom is 0.305 e. The number of rotatable bonds is 9. The topological polar surface area (TPSA) is 47.6 Å². The number of ether oxygens (including phenoxy) is 2. The fourth-order valence-electron chi connectivity index (χ4n) is 3.50. The van der Waals surface area contributed by atoms with E-state index in [0.29, 0.717) is 32.1 Å². The zero-order valence-electron chi connectivity index (χ0n) is 16.5. The van der Waals surface area contributed by atoms with Gasteiger partial charge in [0, 0.05) is 19.0 Å². The molecule has 2 aromatic carbocycles. The van der Waals surface area contributed by atoms with Crippen LogP contribution < -0.4 is 10.1 Å². The predicted molar refractivity (Wildman–Crippen MR) is 114 cm³/mol. The Morgan fingerprint density at radius 1 is 1.14 bits per heavy atom. The van der Waals surface area contributed by atoms with Crippen LogP contribution in [-0.2, 0) is 28.9 Å². The number of esters is 1. The van der Waals surface area contributed by atoms with Crippen LogP contribution in [0.2, 0.25) is 0 Å². The molecule has 0 saturated heterocycles. The number of halogens is 1. The average Bonchev–Trinajstić information content (AvgIpc) is 2.70. The van der Waals surface area contributed by atoms with E-state index < -0.39 is 0 Å². The van der Waals surface area contributed by atoms with E-state index in [1.807, 2.05) is 13.0 Å². The van der Waals surface area contributed by atoms with Gasteiger partial charge in [-0.05, 0) is 61.4 Å². The van der Waals surface area contributed by atoms with Gasteiger partial charge < -0.3 is 14.8 Å². The Bertz CT molecular complexity index is 736. The van der Waals surface area contributed by atoms with Crippen molar-refractivity contribution in [3.63, 3.8) is 0 Å². The van der Waals surface area contributed by atoms with Crippen LogP contribution in [0.1, 0.15) is 42.9 Å². The Labute approximate surface area is 174 Å². The first-order chi connectivity index (χ1) is 13.2. The normalized spacial score (nSPS) is 15.2. The Hall–Kier alpha value is -2.04. The largest absolute Gasteiger partial charge is 0.494 e. The van der Waals surface area contributed by atoms with E-state index in [1.165, 1.54) is 23.1 Å². The van der Waals surface area contributed by atoms with Crippen molar-refractivity contribution < 1.29 is 14.3 Å². The highest BCUT2D eigenvalue weighted by molar-refractivity contribution is 5.85. The summed E-state index contributed by atoms with van der Waals surface area (Å²) in [4.78, 5) is 11.4. The highest BCUT2D eigenvalue weighted by Crippen LogP contribution is 2.26. The molecule has 1 unspecified atom stereocenters. The smallest absolute Gasteiger partial charge is 0.305 e. The lowest BCUT2D eigenvalue weighted by molar-refractivity contribution is -0.143. The third kappa shape index (κ3) is 6.84. The number of benzene rings is 2. The first kappa shape index (κ1) is 22.3. The molecular weight excluding hydrogens is 374 g/mol. The summed E-state index contributed by atoms with van der Waals surface area (Å²) >= 11 is 0. The number of hydrogen-bond acceptors (Lipinski definition) is 4. The third-order valence-electron chi connectivity index (χ3n) is 4.94. The number of carbonyl (C=O) groups excluding carboxylic acids is 1. The minimum Gasteiger partial charge on any atom is -0.494 e. The van der Waals surface area contributed by atoms with Crippen LogP contribution in [-0.4, -0.2) is 25.2 Å². The molecule has 0 bridgehead atoms. The highest BCUT2D eigenvalue weighted by Gasteiger charge is 2.18. The molecule has 0 amide bonds. The van der Waals surface area contributed by atoms with E-state index in [0.717, 1.165) is 25.1 Å². The minimum absolute atomic E-state index is 0. The van der Waals surface area contributed by atoms with Gasteiger partial charge in [0.15, 0.2) is 0 Å². The van der Waals surface area contributed by atoms with Gasteiger partial charge in [0.25, 0.3) is 0 Å². The fourth-order valence-corrected chi connectivity index (χ4v) is 3.50. The number of aryl methyl sites for hydroxylation is 1. The third-order valence-corrected chi connectivity index (χ3v) is 4.94. The molecule has 28 heavy (non-hydrogen) atoms. The van der Waals surface area contributed by atoms with Crippen LogP contribution in [0.25, 0.3) is 0 Å². The molecule has 2 aromatic rings. The highest BCUT2D eigenvalue weighted by atomic mass is 35.5. The molecule has 0 fully saturated rings. The summed E-state index contributed by atoms with van der Waals surface area (Å²) in [6.07, 6.45) is 4.38. The van der Waals surface area contributed by atoms with E-state index in [2.05, 4.69) is 47.8 Å². The predicted octanol–water partition coefficient (Wildman–Crippen LogP) is 4.48. The Balaban J connectivity index is 0.00000280. The monoisotopic (exact) mass is 403 g/mol. The first-order valence-electron chi connectivity index (χ1n) is 9.92. The molecule has 5 heteroatoms. The Morgan fingerprint density at radius 3 is 2.75 bits per heavy atom. The minimum atomic E-state index is -0.154. The van der Waals surface area contributed by atoms with E-state index in [1.54, 1.807) is 0 Å². The summed E-state index contributed by atoms with van der Waals surface area (Å²) in [5, 5.41) is 3.68. The average molecular weight is 404 g/mol. The molecule has 1 aliphatic rings. The summed E-state index contributed by atoms with van der Waals surface area (Å²) in [7, 11) is 0. The van der Waals surface area contributed by atoms with Crippen LogP contribution in [0.3, 0.4) is 0 Å². The maximum absolute atomic E-state index is 11.4. The van der Waals surface area contributed by atoms with Crippen molar-refractivity contribution in [3.8, 4) is 5.75 Å². The van der Waals surface area contributed by atoms with Gasteiger partial charge in [0.2, 0.25) is 0 Å². The summed E-state index contributed by atoms with van der Waals surface area (Å²) in [6.45, 7) is 3.70. The lowest BCUT2D eigenvalue weighted by atomic mass is 9.88. The SMILES string of the molecule is CCOC(=O)CCCOc1ccc2c(c1)CC(NCc1ccccc1)CC2.Cl. The maximum atomic E-state index is 11.4. The van der Waals surface area contributed by atoms with Gasteiger partial charge in [-0.25, -0.2) is 0 Å². The van der Waals surface area contributed by atoms with Gasteiger partial charge in [0.1, 0.15) is 5.75 Å². The Morgan fingerprint density at radius 2 is 1.96 bits per heavy atom. The molecule has 1 N–H and O–H groups in total. The van der Waals surface area contributed by atoms with Crippen molar-refractivity contribution in [2.75, 3.05) is 13.2 Å². The first-order valence-corrected chi connectivity index (χ1v) is 9.92. The van der Waals surface area contributed by atoms with Crippen LogP contribution in [0.5, 0.6) is 5.75 Å². The second kappa shape index (κ2) is 11.7. The van der Waals surface area contributed by atoms with Crippen molar-refractivity contribution in [1.82, 2.24) is 5.32 Å². The quantitative estimate of drug-likeness (QED) is 0.495. The molecule has 0 aliphatic heterocycles. The van der Waals surface area contributed by atoms with E-state index >= 15 is 0 Å². The van der Waals surface area contributed by atoms with Crippen molar-refractivity contribution in [3.05, 3.63) is 65.2 Å². The van der Waals surface area contributed by atoms with Crippen LogP contribution in [0.4, 0.5) is 0 Å². The van der Waals surface area contributed by atoms with Gasteiger partial charge in [-0.1, -0.05) is 36.4 Å². The van der Waals surface area contributed by atoms with E-state index in [4.69, 9.17) is 9.47 Å². The summed E-state index contributed by atoms with van der Waals surface area (Å²) in [6, 6.07) is 17.4. The molecule has 3 rings (SSSR count). The molecule has 1 atom stereocenters. The molecule has 0 radical (unpaired) electrons. The number of fused-ring (bicyclic) bond motifs is 1. The lowest BCUT2D eigenvalue weighted by Crippen LogP contribution is -2.34.